The molecule has 0 aliphatic carbocycles. The quantitative estimate of drug-likeness (QED) is 0.458. The van der Waals surface area contributed by atoms with E-state index >= 15 is 0 Å². The topological polar surface area (TPSA) is 115 Å². The molecule has 1 N–H and O–H groups in total. The first-order valence-electron chi connectivity index (χ1n) is 10.6. The molecule has 0 aliphatic rings. The predicted molar refractivity (Wildman–Crippen MR) is 131 cm³/mol. The van der Waals surface area contributed by atoms with Gasteiger partial charge in [-0.2, -0.15) is 15.0 Å². The standard InChI is InChI=1S/C25H21ClN6O3/c1-25(2,3)20-12-13-30(21(20)26)23(34)29-18-8-10-19(11-9-18)32-24(35)31(15-28-32)22(33)17-6-4-16(14-27)5-7-17/h4-13,15H,1-3H3,(H,29,34). The molecule has 10 heteroatoms. The van der Waals surface area contributed by atoms with Crippen molar-refractivity contribution in [3.05, 3.63) is 99.4 Å². The number of hydrogen-bond donors (Lipinski definition) is 1. The van der Waals surface area contributed by atoms with E-state index in [0.717, 1.165) is 21.1 Å². The van der Waals surface area contributed by atoms with Gasteiger partial charge in [0.1, 0.15) is 11.5 Å². The van der Waals surface area contributed by atoms with Crippen LogP contribution in [0.4, 0.5) is 10.5 Å². The Morgan fingerprint density at radius 1 is 1.00 bits per heavy atom. The Kier molecular flexibility index (Phi) is 6.16. The number of halogens is 1. The minimum atomic E-state index is -0.648. The van der Waals surface area contributed by atoms with E-state index in [1.54, 1.807) is 30.5 Å². The number of aromatic nitrogens is 4. The summed E-state index contributed by atoms with van der Waals surface area (Å²) in [7, 11) is 0. The third kappa shape index (κ3) is 4.65. The highest BCUT2D eigenvalue weighted by Crippen LogP contribution is 2.30. The first kappa shape index (κ1) is 23.7. The fourth-order valence-electron chi connectivity index (χ4n) is 3.45. The van der Waals surface area contributed by atoms with E-state index in [-0.39, 0.29) is 11.0 Å². The maximum absolute atomic E-state index is 12.8. The lowest BCUT2D eigenvalue weighted by Gasteiger charge is -2.18. The van der Waals surface area contributed by atoms with Gasteiger partial charge < -0.3 is 5.32 Å². The summed E-state index contributed by atoms with van der Waals surface area (Å²) >= 11 is 6.39. The van der Waals surface area contributed by atoms with E-state index < -0.39 is 17.6 Å². The first-order valence-corrected chi connectivity index (χ1v) is 11.0. The van der Waals surface area contributed by atoms with Gasteiger partial charge in [-0.15, -0.1) is 0 Å². The van der Waals surface area contributed by atoms with Crippen LogP contribution in [0.5, 0.6) is 0 Å². The number of nitrogens with one attached hydrogen (secondary N) is 1. The molecule has 0 radical (unpaired) electrons. The molecule has 1 amide bonds. The van der Waals surface area contributed by atoms with Crippen LogP contribution >= 0.6 is 11.6 Å². The lowest BCUT2D eigenvalue weighted by atomic mass is 9.89. The van der Waals surface area contributed by atoms with E-state index in [9.17, 15) is 14.4 Å². The molecule has 2 aromatic carbocycles. The smallest absolute Gasteiger partial charge is 0.307 e. The second-order valence-electron chi connectivity index (χ2n) is 8.81. The van der Waals surface area contributed by atoms with Crippen LogP contribution in [0.25, 0.3) is 5.69 Å². The zero-order valence-electron chi connectivity index (χ0n) is 19.2. The average molecular weight is 489 g/mol. The van der Waals surface area contributed by atoms with Crippen LogP contribution in [0.2, 0.25) is 5.15 Å². The summed E-state index contributed by atoms with van der Waals surface area (Å²) in [5.74, 6) is -0.562. The van der Waals surface area contributed by atoms with Gasteiger partial charge in [0, 0.05) is 17.4 Å². The Morgan fingerprint density at radius 2 is 1.66 bits per heavy atom. The van der Waals surface area contributed by atoms with Crippen LogP contribution in [0, 0.1) is 11.3 Å². The van der Waals surface area contributed by atoms with Crippen molar-refractivity contribution in [2.75, 3.05) is 5.32 Å². The molecule has 4 aromatic rings. The summed E-state index contributed by atoms with van der Waals surface area (Å²) in [4.78, 5) is 38.1. The molecular weight excluding hydrogens is 468 g/mol. The van der Waals surface area contributed by atoms with Gasteiger partial charge in [-0.1, -0.05) is 32.4 Å². The number of carbonyl (C=O) groups is 2. The summed E-state index contributed by atoms with van der Waals surface area (Å²) in [6.45, 7) is 6.03. The fraction of sp³-hybridized carbons (Fsp3) is 0.160. The van der Waals surface area contributed by atoms with Gasteiger partial charge in [0.25, 0.3) is 5.91 Å². The van der Waals surface area contributed by atoms with E-state index in [4.69, 9.17) is 16.9 Å². The first-order chi connectivity index (χ1) is 16.6. The molecule has 9 nitrogen and oxygen atoms in total. The molecular formula is C25H21ClN6O3. The van der Waals surface area contributed by atoms with Gasteiger partial charge in [0.2, 0.25) is 0 Å². The summed E-state index contributed by atoms with van der Waals surface area (Å²) < 4.78 is 3.29. The van der Waals surface area contributed by atoms with Crippen molar-refractivity contribution >= 4 is 29.2 Å². The Morgan fingerprint density at radius 3 is 2.23 bits per heavy atom. The number of rotatable bonds is 3. The number of nitriles is 1. The number of amides is 1. The molecule has 0 saturated heterocycles. The monoisotopic (exact) mass is 488 g/mol. The second kappa shape index (κ2) is 9.08. The summed E-state index contributed by atoms with van der Waals surface area (Å²) in [5, 5.41) is 16.0. The molecule has 0 atom stereocenters. The highest BCUT2D eigenvalue weighted by molar-refractivity contribution is 6.31. The minimum Gasteiger partial charge on any atom is -0.307 e. The van der Waals surface area contributed by atoms with Crippen LogP contribution in [0.15, 0.2) is 71.9 Å². The van der Waals surface area contributed by atoms with E-state index in [0.29, 0.717) is 22.1 Å². The molecule has 0 unspecified atom stereocenters. The molecule has 2 heterocycles. The molecule has 35 heavy (non-hydrogen) atoms. The fourth-order valence-corrected chi connectivity index (χ4v) is 3.93. The lowest BCUT2D eigenvalue weighted by Crippen LogP contribution is -2.28. The van der Waals surface area contributed by atoms with Crippen molar-refractivity contribution < 1.29 is 9.59 Å². The second-order valence-corrected chi connectivity index (χ2v) is 9.16. The zero-order chi connectivity index (χ0) is 25.3. The molecule has 4 rings (SSSR count). The van der Waals surface area contributed by atoms with Crippen molar-refractivity contribution in [3.8, 4) is 11.8 Å². The molecule has 0 aliphatic heterocycles. The predicted octanol–water partition coefficient (Wildman–Crippen LogP) is 4.43. The summed E-state index contributed by atoms with van der Waals surface area (Å²) in [6, 6.07) is 15.7. The van der Waals surface area contributed by atoms with Crippen LogP contribution in [0.1, 0.15) is 42.3 Å². The molecule has 0 saturated carbocycles. The molecule has 176 valence electrons. The lowest BCUT2D eigenvalue weighted by molar-refractivity contribution is 0.0955. The maximum atomic E-state index is 12.8. The SMILES string of the molecule is CC(C)(C)c1ccn(C(=O)Nc2ccc(-n3ncn(C(=O)c4ccc(C#N)cc4)c3=O)cc2)c1Cl. The van der Waals surface area contributed by atoms with Crippen LogP contribution in [-0.4, -0.2) is 30.9 Å². The van der Waals surface area contributed by atoms with Crippen molar-refractivity contribution in [1.29, 1.82) is 5.26 Å². The van der Waals surface area contributed by atoms with Gasteiger partial charge in [-0.3, -0.25) is 9.36 Å². The molecule has 0 spiro atoms. The van der Waals surface area contributed by atoms with Gasteiger partial charge in [-0.05, 0) is 65.6 Å². The Hall–Kier alpha value is -4.42. The van der Waals surface area contributed by atoms with Crippen molar-refractivity contribution in [2.24, 2.45) is 0 Å². The Bertz CT molecular complexity index is 1510. The number of benzene rings is 2. The van der Waals surface area contributed by atoms with E-state index in [1.165, 1.54) is 28.8 Å². The van der Waals surface area contributed by atoms with E-state index in [2.05, 4.69) is 10.4 Å². The van der Waals surface area contributed by atoms with E-state index in [1.807, 2.05) is 32.9 Å². The molecule has 0 fully saturated rings. The molecule has 2 aromatic heterocycles. The Balaban J connectivity index is 1.52. The van der Waals surface area contributed by atoms with Crippen molar-refractivity contribution in [3.63, 3.8) is 0 Å². The van der Waals surface area contributed by atoms with Crippen LogP contribution < -0.4 is 11.0 Å². The minimum absolute atomic E-state index is 0.206. The average Bonchev–Trinajstić information content (AvgIpc) is 3.42. The largest absolute Gasteiger partial charge is 0.357 e. The third-order valence-electron chi connectivity index (χ3n) is 5.36. The van der Waals surface area contributed by atoms with Gasteiger partial charge in [0.15, 0.2) is 0 Å². The van der Waals surface area contributed by atoms with Crippen molar-refractivity contribution in [2.45, 2.75) is 26.2 Å². The number of carbonyl (C=O) groups excluding carboxylic acids is 2. The van der Waals surface area contributed by atoms with Crippen LogP contribution in [0.3, 0.4) is 0 Å². The van der Waals surface area contributed by atoms with Crippen LogP contribution in [-0.2, 0) is 5.41 Å². The number of hydrogen-bond acceptors (Lipinski definition) is 5. The maximum Gasteiger partial charge on any atom is 0.357 e. The van der Waals surface area contributed by atoms with Crippen molar-refractivity contribution in [1.82, 2.24) is 18.9 Å². The van der Waals surface area contributed by atoms with Gasteiger partial charge in [0.05, 0.1) is 17.3 Å². The Labute approximate surface area is 205 Å². The number of anilines is 1. The zero-order valence-corrected chi connectivity index (χ0v) is 19.9. The highest BCUT2D eigenvalue weighted by atomic mass is 35.5. The van der Waals surface area contributed by atoms with Gasteiger partial charge >= 0.3 is 11.7 Å². The third-order valence-corrected chi connectivity index (χ3v) is 5.75. The summed E-state index contributed by atoms with van der Waals surface area (Å²) in [5.41, 5.74) is 1.56. The normalized spacial score (nSPS) is 11.2. The highest BCUT2D eigenvalue weighted by Gasteiger charge is 2.22. The summed E-state index contributed by atoms with van der Waals surface area (Å²) in [6.07, 6.45) is 2.75. The van der Waals surface area contributed by atoms with Gasteiger partial charge in [-0.25, -0.2) is 14.2 Å². The number of nitrogens with zero attached hydrogens (tertiary/aromatic N) is 5. The molecule has 0 bridgehead atoms.